The van der Waals surface area contributed by atoms with Crippen molar-refractivity contribution in [3.05, 3.63) is 52.5 Å². The molecule has 0 aliphatic carbocycles. The number of ether oxygens (including phenoxy) is 2. The molecular formula is C24H30N4O4S. The summed E-state index contributed by atoms with van der Waals surface area (Å²) in [5.41, 5.74) is 1.99. The van der Waals surface area contributed by atoms with Crippen LogP contribution < -0.4 is 14.8 Å². The van der Waals surface area contributed by atoms with Gasteiger partial charge in [-0.25, -0.2) is 4.98 Å². The largest absolute Gasteiger partial charge is 0.493 e. The molecule has 1 saturated heterocycles. The zero-order chi connectivity index (χ0) is 23.0. The number of furan rings is 1. The summed E-state index contributed by atoms with van der Waals surface area (Å²) in [6.07, 6.45) is 2.41. The molecule has 0 unspecified atom stereocenters. The minimum Gasteiger partial charge on any atom is -0.493 e. The molecule has 1 fully saturated rings. The van der Waals surface area contributed by atoms with Crippen LogP contribution in [0.2, 0.25) is 0 Å². The van der Waals surface area contributed by atoms with E-state index >= 15 is 0 Å². The van der Waals surface area contributed by atoms with E-state index < -0.39 is 0 Å². The predicted octanol–water partition coefficient (Wildman–Crippen LogP) is 2.90. The van der Waals surface area contributed by atoms with Gasteiger partial charge in [0.1, 0.15) is 10.7 Å². The van der Waals surface area contributed by atoms with E-state index in [9.17, 15) is 4.79 Å². The Morgan fingerprint density at radius 2 is 1.91 bits per heavy atom. The van der Waals surface area contributed by atoms with E-state index in [1.165, 1.54) is 0 Å². The maximum Gasteiger partial charge on any atom is 0.234 e. The molecule has 3 aromatic rings. The van der Waals surface area contributed by atoms with E-state index in [0.29, 0.717) is 24.6 Å². The Morgan fingerprint density at radius 3 is 2.64 bits per heavy atom. The molecule has 1 aliphatic rings. The van der Waals surface area contributed by atoms with Crippen molar-refractivity contribution in [1.29, 1.82) is 0 Å². The van der Waals surface area contributed by atoms with E-state index in [2.05, 4.69) is 20.1 Å². The fourth-order valence-corrected chi connectivity index (χ4v) is 4.68. The van der Waals surface area contributed by atoms with Gasteiger partial charge in [-0.2, -0.15) is 0 Å². The summed E-state index contributed by atoms with van der Waals surface area (Å²) in [6, 6.07) is 9.63. The third kappa shape index (κ3) is 6.34. The first-order valence-corrected chi connectivity index (χ1v) is 11.9. The lowest BCUT2D eigenvalue weighted by atomic mass is 10.1. The number of amides is 1. The summed E-state index contributed by atoms with van der Waals surface area (Å²) in [7, 11) is 3.24. The van der Waals surface area contributed by atoms with Gasteiger partial charge >= 0.3 is 0 Å². The van der Waals surface area contributed by atoms with Gasteiger partial charge in [0, 0.05) is 38.1 Å². The van der Waals surface area contributed by atoms with Crippen LogP contribution in [0.1, 0.15) is 10.6 Å². The van der Waals surface area contributed by atoms with Crippen molar-refractivity contribution in [2.45, 2.75) is 13.0 Å². The number of benzene rings is 1. The Balaban J connectivity index is 1.15. The molecule has 0 bridgehead atoms. The maximum absolute atomic E-state index is 12.4. The lowest BCUT2D eigenvalue weighted by molar-refractivity contribution is -0.122. The van der Waals surface area contributed by atoms with Gasteiger partial charge in [-0.05, 0) is 36.2 Å². The van der Waals surface area contributed by atoms with Gasteiger partial charge in [-0.1, -0.05) is 6.07 Å². The van der Waals surface area contributed by atoms with Gasteiger partial charge in [0.15, 0.2) is 17.3 Å². The lowest BCUT2D eigenvalue weighted by Crippen LogP contribution is -2.49. The highest BCUT2D eigenvalue weighted by Crippen LogP contribution is 2.27. The van der Waals surface area contributed by atoms with Crippen molar-refractivity contribution in [1.82, 2.24) is 20.1 Å². The summed E-state index contributed by atoms with van der Waals surface area (Å²) in [4.78, 5) is 21.7. The zero-order valence-corrected chi connectivity index (χ0v) is 19.9. The monoisotopic (exact) mass is 470 g/mol. The average molecular weight is 471 g/mol. The van der Waals surface area contributed by atoms with Crippen LogP contribution in [0.3, 0.4) is 0 Å². The summed E-state index contributed by atoms with van der Waals surface area (Å²) < 4.78 is 16.0. The lowest BCUT2D eigenvalue weighted by Gasteiger charge is -2.33. The number of hydrogen-bond donors (Lipinski definition) is 1. The Labute approximate surface area is 198 Å². The molecule has 1 aliphatic heterocycles. The van der Waals surface area contributed by atoms with Crippen molar-refractivity contribution < 1.29 is 18.7 Å². The quantitative estimate of drug-likeness (QED) is 0.488. The summed E-state index contributed by atoms with van der Waals surface area (Å²) in [6.45, 7) is 5.45. The molecular weight excluding hydrogens is 440 g/mol. The number of carbonyl (C=O) groups is 1. The number of piperazine rings is 1. The number of rotatable bonds is 10. The molecule has 0 saturated carbocycles. The summed E-state index contributed by atoms with van der Waals surface area (Å²) >= 11 is 1.66. The van der Waals surface area contributed by atoms with Crippen molar-refractivity contribution in [2.24, 2.45) is 0 Å². The molecule has 2 aromatic heterocycles. The van der Waals surface area contributed by atoms with Crippen molar-refractivity contribution >= 4 is 17.2 Å². The molecule has 0 spiro atoms. The van der Waals surface area contributed by atoms with Crippen molar-refractivity contribution in [3.63, 3.8) is 0 Å². The van der Waals surface area contributed by atoms with Crippen LogP contribution in [0.5, 0.6) is 11.5 Å². The van der Waals surface area contributed by atoms with Crippen LogP contribution in [0.4, 0.5) is 0 Å². The third-order valence-electron chi connectivity index (χ3n) is 5.70. The van der Waals surface area contributed by atoms with Crippen molar-refractivity contribution in [2.75, 3.05) is 53.5 Å². The van der Waals surface area contributed by atoms with E-state index in [-0.39, 0.29) is 5.91 Å². The number of methoxy groups -OCH3 is 2. The minimum atomic E-state index is 0.0620. The highest BCUT2D eigenvalue weighted by molar-refractivity contribution is 7.09. The van der Waals surface area contributed by atoms with Gasteiger partial charge in [0.2, 0.25) is 5.91 Å². The molecule has 33 heavy (non-hydrogen) atoms. The average Bonchev–Trinajstić information content (AvgIpc) is 3.52. The molecule has 8 nitrogen and oxygen atoms in total. The maximum atomic E-state index is 12.4. The highest BCUT2D eigenvalue weighted by Gasteiger charge is 2.20. The first kappa shape index (κ1) is 23.3. The van der Waals surface area contributed by atoms with Crippen LogP contribution >= 0.6 is 11.3 Å². The molecule has 176 valence electrons. The van der Waals surface area contributed by atoms with Crippen molar-refractivity contribution in [3.8, 4) is 23.0 Å². The molecule has 4 rings (SSSR count). The second kappa shape index (κ2) is 11.3. The summed E-state index contributed by atoms with van der Waals surface area (Å²) in [5.74, 6) is 2.28. The Hall–Kier alpha value is -2.88. The molecule has 1 amide bonds. The molecule has 3 heterocycles. The fraction of sp³-hybridized carbons (Fsp3) is 0.417. The summed E-state index contributed by atoms with van der Waals surface area (Å²) in [5, 5.41) is 6.15. The second-order valence-electron chi connectivity index (χ2n) is 7.95. The molecule has 0 radical (unpaired) electrons. The number of nitrogens with one attached hydrogen (secondary N) is 1. The normalized spacial score (nSPS) is 14.8. The Morgan fingerprint density at radius 1 is 1.12 bits per heavy atom. The number of aromatic nitrogens is 1. The van der Waals surface area contributed by atoms with E-state index in [1.54, 1.807) is 31.8 Å². The van der Waals surface area contributed by atoms with Gasteiger partial charge in [0.05, 0.1) is 33.6 Å². The Bertz CT molecular complexity index is 1030. The molecule has 1 aromatic carbocycles. The van der Waals surface area contributed by atoms with Crippen LogP contribution in [0.15, 0.2) is 46.4 Å². The number of thiazole rings is 1. The van der Waals surface area contributed by atoms with Gasteiger partial charge in [-0.3, -0.25) is 14.6 Å². The number of nitrogens with zero attached hydrogens (tertiary/aromatic N) is 3. The van der Waals surface area contributed by atoms with Crippen LogP contribution in [0, 0.1) is 0 Å². The van der Waals surface area contributed by atoms with E-state index in [1.807, 2.05) is 35.7 Å². The standard InChI is InChI=1S/C24H30N4O4S/c1-30-21-6-5-18(14-22(21)31-2)7-8-25-23(29)15-27-9-11-28(12-10-27)16-24-26-19(17-33-24)20-4-3-13-32-20/h3-6,13-14,17H,7-12,15-16H2,1-2H3,(H,25,29). The highest BCUT2D eigenvalue weighted by atomic mass is 32.1. The number of carbonyl (C=O) groups excluding carboxylic acids is 1. The van der Waals surface area contributed by atoms with Crippen LogP contribution in [0.25, 0.3) is 11.5 Å². The van der Waals surface area contributed by atoms with Gasteiger partial charge in [-0.15, -0.1) is 11.3 Å². The molecule has 9 heteroatoms. The SMILES string of the molecule is COc1ccc(CCNC(=O)CN2CCN(Cc3nc(-c4ccco4)cs3)CC2)cc1OC. The third-order valence-corrected chi connectivity index (χ3v) is 6.53. The first-order chi connectivity index (χ1) is 16.1. The van der Waals surface area contributed by atoms with Gasteiger partial charge in [0.25, 0.3) is 0 Å². The van der Waals surface area contributed by atoms with Crippen LogP contribution in [-0.4, -0.2) is 74.2 Å². The Kier molecular flexibility index (Phi) is 7.98. The van der Waals surface area contributed by atoms with E-state index in [4.69, 9.17) is 13.9 Å². The molecule has 1 N–H and O–H groups in total. The number of hydrogen-bond acceptors (Lipinski definition) is 8. The second-order valence-corrected chi connectivity index (χ2v) is 8.89. The minimum absolute atomic E-state index is 0.0620. The van der Waals surface area contributed by atoms with Gasteiger partial charge < -0.3 is 19.2 Å². The molecule has 0 atom stereocenters. The first-order valence-electron chi connectivity index (χ1n) is 11.0. The van der Waals surface area contributed by atoms with E-state index in [0.717, 1.165) is 61.2 Å². The van der Waals surface area contributed by atoms with Crippen LogP contribution in [-0.2, 0) is 17.8 Å². The smallest absolute Gasteiger partial charge is 0.234 e. The fourth-order valence-electron chi connectivity index (χ4n) is 3.86. The topological polar surface area (TPSA) is 80.1 Å². The zero-order valence-electron chi connectivity index (χ0n) is 19.1. The predicted molar refractivity (Wildman–Crippen MR) is 128 cm³/mol.